The van der Waals surface area contributed by atoms with E-state index in [9.17, 15) is 23.1 Å². The van der Waals surface area contributed by atoms with Crippen LogP contribution in [0.15, 0.2) is 65.2 Å². The number of fused-ring (bicyclic) bond motifs is 1. The average molecular weight is 359 g/mol. The fourth-order valence-corrected chi connectivity index (χ4v) is 4.22. The summed E-state index contributed by atoms with van der Waals surface area (Å²) < 4.78 is 26.0. The van der Waals surface area contributed by atoms with Crippen LogP contribution in [-0.4, -0.2) is 41.2 Å². The third-order valence-corrected chi connectivity index (χ3v) is 5.52. The molecule has 1 aliphatic heterocycles. The van der Waals surface area contributed by atoms with Crippen LogP contribution in [0, 0.1) is 0 Å². The van der Waals surface area contributed by atoms with E-state index in [4.69, 9.17) is 5.11 Å². The number of aliphatic hydroxyl groups excluding tert-OH is 1. The molecule has 0 atom stereocenters. The number of rotatable bonds is 3. The number of hydrogen-bond acceptors (Lipinski definition) is 5. The number of sulfonamides is 1. The molecule has 0 saturated heterocycles. The Morgan fingerprint density at radius 3 is 2.20 bits per heavy atom. The highest BCUT2D eigenvalue weighted by molar-refractivity contribution is 7.89. The Morgan fingerprint density at radius 1 is 0.960 bits per heavy atom. The summed E-state index contributed by atoms with van der Waals surface area (Å²) in [6.07, 6.45) is 0. The first-order valence-corrected chi connectivity index (χ1v) is 8.65. The minimum atomic E-state index is -4.30. The van der Waals surface area contributed by atoms with Gasteiger partial charge in [-0.2, -0.15) is 0 Å². The molecule has 7 nitrogen and oxygen atoms in total. The minimum absolute atomic E-state index is 0.110. The predicted octanol–water partition coefficient (Wildman–Crippen LogP) is 1.89. The first kappa shape index (κ1) is 16.7. The van der Waals surface area contributed by atoms with E-state index < -0.39 is 39.8 Å². The predicted molar refractivity (Wildman–Crippen MR) is 88.3 cm³/mol. The van der Waals surface area contributed by atoms with Crippen LogP contribution in [0.25, 0.3) is 5.76 Å². The van der Waals surface area contributed by atoms with Crippen molar-refractivity contribution in [2.24, 2.45) is 0 Å². The summed E-state index contributed by atoms with van der Waals surface area (Å²) in [6, 6.07) is 13.4. The molecule has 25 heavy (non-hydrogen) atoms. The van der Waals surface area contributed by atoms with Crippen molar-refractivity contribution in [1.29, 1.82) is 0 Å². The Balaban J connectivity index is 2.33. The van der Waals surface area contributed by atoms with Crippen LogP contribution in [0.4, 0.5) is 0 Å². The fourth-order valence-electron chi connectivity index (χ4n) is 2.60. The Bertz CT molecular complexity index is 995. The highest BCUT2D eigenvalue weighted by atomic mass is 32.2. The van der Waals surface area contributed by atoms with Crippen LogP contribution >= 0.6 is 0 Å². The van der Waals surface area contributed by atoms with Gasteiger partial charge in [-0.1, -0.05) is 42.5 Å². The molecule has 2 N–H and O–H groups in total. The smallest absolute Gasteiger partial charge is 0.324 e. The largest absolute Gasteiger partial charge is 0.505 e. The number of carboxylic acids is 1. The van der Waals surface area contributed by atoms with E-state index in [0.717, 1.165) is 0 Å². The topological polar surface area (TPSA) is 112 Å². The maximum atomic E-state index is 12.8. The highest BCUT2D eigenvalue weighted by Gasteiger charge is 2.42. The first-order valence-electron chi connectivity index (χ1n) is 7.21. The number of carbonyl (C=O) groups excluding carboxylic acids is 1. The molecule has 0 spiro atoms. The molecule has 3 rings (SSSR count). The van der Waals surface area contributed by atoms with Gasteiger partial charge in [-0.05, 0) is 12.1 Å². The van der Waals surface area contributed by atoms with Crippen LogP contribution in [0.3, 0.4) is 0 Å². The maximum Gasteiger partial charge on any atom is 0.324 e. The summed E-state index contributed by atoms with van der Waals surface area (Å²) in [6.45, 7) is -0.978. The normalized spacial score (nSPS) is 17.8. The zero-order valence-corrected chi connectivity index (χ0v) is 13.6. The van der Waals surface area contributed by atoms with E-state index in [1.165, 1.54) is 36.4 Å². The first-order chi connectivity index (χ1) is 11.8. The molecule has 1 aliphatic rings. The number of benzene rings is 2. The molecule has 2 aromatic rings. The summed E-state index contributed by atoms with van der Waals surface area (Å²) in [7, 11) is -4.30. The van der Waals surface area contributed by atoms with Gasteiger partial charge >= 0.3 is 5.97 Å². The average Bonchev–Trinajstić information content (AvgIpc) is 2.60. The lowest BCUT2D eigenvalue weighted by molar-refractivity contribution is -0.136. The van der Waals surface area contributed by atoms with Crippen molar-refractivity contribution in [2.75, 3.05) is 6.54 Å². The van der Waals surface area contributed by atoms with Gasteiger partial charge in [0.25, 0.3) is 10.0 Å². The van der Waals surface area contributed by atoms with E-state index in [1.54, 1.807) is 18.2 Å². The number of hydrogen-bond donors (Lipinski definition) is 2. The zero-order chi connectivity index (χ0) is 18.2. The summed E-state index contributed by atoms with van der Waals surface area (Å²) in [5, 5.41) is 19.6. The van der Waals surface area contributed by atoms with Crippen LogP contribution < -0.4 is 0 Å². The van der Waals surface area contributed by atoms with Crippen LogP contribution in [0.1, 0.15) is 15.9 Å². The van der Waals surface area contributed by atoms with Crippen molar-refractivity contribution in [3.8, 4) is 0 Å². The number of carboxylic acid groups (broad SMARTS) is 1. The molecule has 1 heterocycles. The number of carbonyl (C=O) groups is 2. The van der Waals surface area contributed by atoms with Crippen LogP contribution in [0.2, 0.25) is 0 Å². The van der Waals surface area contributed by atoms with Gasteiger partial charge in [-0.25, -0.2) is 12.7 Å². The molecule has 0 aromatic heterocycles. The minimum Gasteiger partial charge on any atom is -0.505 e. The fraction of sp³-hybridized carbons (Fsp3) is 0.0588. The van der Waals surface area contributed by atoms with E-state index in [1.807, 2.05) is 0 Å². The monoisotopic (exact) mass is 359 g/mol. The number of Topliss-reactive ketones (excluding diaryl/α,β-unsaturated/α-hetero) is 1. The second-order valence-electron chi connectivity index (χ2n) is 5.29. The van der Waals surface area contributed by atoms with Crippen LogP contribution in [0.5, 0.6) is 0 Å². The third kappa shape index (κ3) is 2.76. The molecular weight excluding hydrogens is 346 g/mol. The lowest BCUT2D eigenvalue weighted by atomic mass is 10.0. The molecule has 128 valence electrons. The molecular formula is C17H13NO6S. The van der Waals surface area contributed by atoms with E-state index in [-0.39, 0.29) is 16.0 Å². The Hall–Kier alpha value is -3.13. The number of ketones is 1. The maximum absolute atomic E-state index is 12.8. The molecule has 0 unspecified atom stereocenters. The van der Waals surface area contributed by atoms with Crippen molar-refractivity contribution in [3.05, 3.63) is 71.4 Å². The van der Waals surface area contributed by atoms with Crippen molar-refractivity contribution in [3.63, 3.8) is 0 Å². The van der Waals surface area contributed by atoms with Gasteiger partial charge in [0, 0.05) is 11.1 Å². The van der Waals surface area contributed by atoms with Gasteiger partial charge in [0.1, 0.15) is 12.2 Å². The second-order valence-corrected chi connectivity index (χ2v) is 7.12. The Morgan fingerprint density at radius 2 is 1.56 bits per heavy atom. The number of aliphatic hydroxyl groups is 1. The molecule has 2 aromatic carbocycles. The zero-order valence-electron chi connectivity index (χ0n) is 12.8. The molecule has 0 radical (unpaired) electrons. The summed E-state index contributed by atoms with van der Waals surface area (Å²) in [5.74, 6) is -2.80. The lowest BCUT2D eigenvalue weighted by Crippen LogP contribution is -2.42. The number of aliphatic carboxylic acids is 1. The standard InChI is InChI=1S/C17H13NO6S/c19-14(20)10-18-15(16(21)11-6-2-1-3-7-11)17(22)12-8-4-5-9-13(12)25(18,23)24/h1-9,21H,10H2,(H,19,20). The molecule has 8 heteroatoms. The highest BCUT2D eigenvalue weighted by Crippen LogP contribution is 2.35. The van der Waals surface area contributed by atoms with Gasteiger partial charge in [0.15, 0.2) is 5.76 Å². The van der Waals surface area contributed by atoms with Crippen molar-refractivity contribution >= 4 is 27.5 Å². The van der Waals surface area contributed by atoms with Gasteiger partial charge in [-0.15, -0.1) is 0 Å². The van der Waals surface area contributed by atoms with Crippen LogP contribution in [-0.2, 0) is 14.8 Å². The summed E-state index contributed by atoms with van der Waals surface area (Å²) in [4.78, 5) is 23.7. The summed E-state index contributed by atoms with van der Waals surface area (Å²) in [5.41, 5.74) is -0.482. The van der Waals surface area contributed by atoms with E-state index in [0.29, 0.717) is 4.31 Å². The molecule has 0 saturated carbocycles. The quantitative estimate of drug-likeness (QED) is 0.639. The number of nitrogens with zero attached hydrogens (tertiary/aromatic N) is 1. The third-order valence-electron chi connectivity index (χ3n) is 3.71. The van der Waals surface area contributed by atoms with Crippen molar-refractivity contribution in [1.82, 2.24) is 4.31 Å². The van der Waals surface area contributed by atoms with Gasteiger partial charge in [0.05, 0.1) is 4.90 Å². The second kappa shape index (κ2) is 6.06. The van der Waals surface area contributed by atoms with E-state index >= 15 is 0 Å². The van der Waals surface area contributed by atoms with Gasteiger partial charge < -0.3 is 10.2 Å². The Kier molecular flexibility index (Phi) is 4.05. The summed E-state index contributed by atoms with van der Waals surface area (Å²) >= 11 is 0. The lowest BCUT2D eigenvalue weighted by Gasteiger charge is -2.30. The van der Waals surface area contributed by atoms with Gasteiger partial charge in [-0.3, -0.25) is 9.59 Å². The molecule has 0 fully saturated rings. The van der Waals surface area contributed by atoms with E-state index in [2.05, 4.69) is 0 Å². The number of allylic oxidation sites excluding steroid dienone is 1. The van der Waals surface area contributed by atoms with Gasteiger partial charge in [0.2, 0.25) is 5.78 Å². The molecule has 0 bridgehead atoms. The SMILES string of the molecule is O=C(O)CN1C(=C(O)c2ccccc2)C(=O)c2ccccc2S1(=O)=O. The van der Waals surface area contributed by atoms with Crippen molar-refractivity contribution in [2.45, 2.75) is 4.90 Å². The molecule has 0 aliphatic carbocycles. The van der Waals surface area contributed by atoms with Crippen molar-refractivity contribution < 1.29 is 28.2 Å². The Labute approximate surface area is 143 Å². The molecule has 0 amide bonds.